The SMILES string of the molecule is CCOc1ccc(NCc2cc(Br)cs2)cc1CO. The molecule has 0 fully saturated rings. The molecule has 3 nitrogen and oxygen atoms in total. The van der Waals surface area contributed by atoms with E-state index in [0.29, 0.717) is 6.61 Å². The fourth-order valence-electron chi connectivity index (χ4n) is 1.74. The van der Waals surface area contributed by atoms with Crippen molar-refractivity contribution in [2.24, 2.45) is 0 Å². The van der Waals surface area contributed by atoms with Gasteiger partial charge in [0.2, 0.25) is 0 Å². The molecule has 0 saturated heterocycles. The Morgan fingerprint density at radius 1 is 1.37 bits per heavy atom. The van der Waals surface area contributed by atoms with Crippen molar-refractivity contribution >= 4 is 33.0 Å². The maximum Gasteiger partial charge on any atom is 0.124 e. The number of anilines is 1. The minimum absolute atomic E-state index is 0.0184. The van der Waals surface area contributed by atoms with E-state index >= 15 is 0 Å². The van der Waals surface area contributed by atoms with Crippen molar-refractivity contribution in [3.05, 3.63) is 44.6 Å². The number of rotatable bonds is 6. The van der Waals surface area contributed by atoms with E-state index in [0.717, 1.165) is 28.0 Å². The number of halogens is 1. The predicted molar refractivity (Wildman–Crippen MR) is 82.9 cm³/mol. The molecule has 102 valence electrons. The van der Waals surface area contributed by atoms with E-state index in [1.807, 2.05) is 25.1 Å². The zero-order chi connectivity index (χ0) is 13.7. The molecule has 0 aliphatic carbocycles. The number of hydrogen-bond acceptors (Lipinski definition) is 4. The Labute approximate surface area is 125 Å². The quantitative estimate of drug-likeness (QED) is 0.833. The molecule has 0 saturated carbocycles. The molecule has 0 aliphatic rings. The van der Waals surface area contributed by atoms with Crippen LogP contribution in [0.2, 0.25) is 0 Å². The highest BCUT2D eigenvalue weighted by atomic mass is 79.9. The topological polar surface area (TPSA) is 41.5 Å². The van der Waals surface area contributed by atoms with Crippen molar-refractivity contribution in [2.75, 3.05) is 11.9 Å². The van der Waals surface area contributed by atoms with Gasteiger partial charge < -0.3 is 15.2 Å². The van der Waals surface area contributed by atoms with Gasteiger partial charge in [-0.05, 0) is 47.1 Å². The molecular formula is C14H16BrNO2S. The second kappa shape index (κ2) is 6.93. The predicted octanol–water partition coefficient (Wildman–Crippen LogP) is 4.01. The summed E-state index contributed by atoms with van der Waals surface area (Å²) in [5.74, 6) is 0.745. The van der Waals surface area contributed by atoms with Crippen LogP contribution < -0.4 is 10.1 Å². The molecule has 0 atom stereocenters. The highest BCUT2D eigenvalue weighted by Gasteiger charge is 2.04. The molecule has 2 rings (SSSR count). The average Bonchev–Trinajstić information content (AvgIpc) is 2.83. The van der Waals surface area contributed by atoms with Crippen LogP contribution in [0.4, 0.5) is 5.69 Å². The lowest BCUT2D eigenvalue weighted by molar-refractivity contribution is 0.267. The third-order valence-electron chi connectivity index (χ3n) is 2.62. The van der Waals surface area contributed by atoms with Crippen LogP contribution in [0.1, 0.15) is 17.4 Å². The normalized spacial score (nSPS) is 10.5. The Hall–Kier alpha value is -1.04. The molecule has 0 unspecified atom stereocenters. The Morgan fingerprint density at radius 2 is 2.21 bits per heavy atom. The van der Waals surface area contributed by atoms with E-state index in [4.69, 9.17) is 4.74 Å². The maximum atomic E-state index is 9.35. The molecule has 0 radical (unpaired) electrons. The van der Waals surface area contributed by atoms with E-state index in [1.165, 1.54) is 4.88 Å². The van der Waals surface area contributed by atoms with Crippen molar-refractivity contribution in [1.82, 2.24) is 0 Å². The van der Waals surface area contributed by atoms with Gasteiger partial charge in [-0.25, -0.2) is 0 Å². The smallest absolute Gasteiger partial charge is 0.124 e. The van der Waals surface area contributed by atoms with Crippen LogP contribution >= 0.6 is 27.3 Å². The standard InChI is InChI=1S/C14H16BrNO2S/c1-2-18-14-4-3-12(5-10(14)8-17)16-7-13-6-11(15)9-19-13/h3-6,9,16-17H,2,7-8H2,1H3. The number of ether oxygens (including phenoxy) is 1. The number of thiophene rings is 1. The van der Waals surface area contributed by atoms with Gasteiger partial charge in [0, 0.05) is 32.5 Å². The van der Waals surface area contributed by atoms with E-state index in [-0.39, 0.29) is 6.61 Å². The van der Waals surface area contributed by atoms with Crippen LogP contribution in [0.3, 0.4) is 0 Å². The molecule has 1 aromatic heterocycles. The minimum Gasteiger partial charge on any atom is -0.494 e. The van der Waals surface area contributed by atoms with Gasteiger partial charge in [-0.15, -0.1) is 11.3 Å². The average molecular weight is 342 g/mol. The summed E-state index contributed by atoms with van der Waals surface area (Å²) in [6.45, 7) is 3.29. The van der Waals surface area contributed by atoms with Crippen LogP contribution in [0.25, 0.3) is 0 Å². The summed E-state index contributed by atoms with van der Waals surface area (Å²) < 4.78 is 6.57. The number of aliphatic hydroxyl groups excluding tert-OH is 1. The van der Waals surface area contributed by atoms with Gasteiger partial charge in [0.05, 0.1) is 13.2 Å². The van der Waals surface area contributed by atoms with Crippen LogP contribution in [0.5, 0.6) is 5.75 Å². The van der Waals surface area contributed by atoms with Gasteiger partial charge in [-0.1, -0.05) is 0 Å². The Morgan fingerprint density at radius 3 is 2.84 bits per heavy atom. The first-order valence-corrected chi connectivity index (χ1v) is 7.73. The molecule has 0 aliphatic heterocycles. The summed E-state index contributed by atoms with van der Waals surface area (Å²) in [4.78, 5) is 1.26. The van der Waals surface area contributed by atoms with Gasteiger partial charge in [0.15, 0.2) is 0 Å². The largest absolute Gasteiger partial charge is 0.494 e. The highest BCUT2D eigenvalue weighted by Crippen LogP contribution is 2.25. The van der Waals surface area contributed by atoms with Crippen molar-refractivity contribution in [1.29, 1.82) is 0 Å². The molecule has 2 N–H and O–H groups in total. The first-order chi connectivity index (χ1) is 9.22. The van der Waals surface area contributed by atoms with Crippen LogP contribution in [0.15, 0.2) is 34.1 Å². The van der Waals surface area contributed by atoms with E-state index in [9.17, 15) is 5.11 Å². The first-order valence-electron chi connectivity index (χ1n) is 6.06. The molecule has 1 aromatic carbocycles. The van der Waals surface area contributed by atoms with Gasteiger partial charge in [0.25, 0.3) is 0 Å². The van der Waals surface area contributed by atoms with Gasteiger partial charge in [-0.2, -0.15) is 0 Å². The zero-order valence-electron chi connectivity index (χ0n) is 10.6. The summed E-state index contributed by atoms with van der Waals surface area (Å²) in [5.41, 5.74) is 1.79. The third kappa shape index (κ3) is 3.96. The Balaban J connectivity index is 2.04. The lowest BCUT2D eigenvalue weighted by Gasteiger charge is -2.11. The maximum absolute atomic E-state index is 9.35. The second-order valence-corrected chi connectivity index (χ2v) is 5.91. The number of hydrogen-bond donors (Lipinski definition) is 2. The second-order valence-electron chi connectivity index (χ2n) is 4.00. The Bertz CT molecular complexity index is 542. The summed E-state index contributed by atoms with van der Waals surface area (Å²) in [5, 5.41) is 14.8. The van der Waals surface area contributed by atoms with E-state index in [1.54, 1.807) is 11.3 Å². The number of benzene rings is 1. The Kier molecular flexibility index (Phi) is 5.24. The third-order valence-corrected chi connectivity index (χ3v) is 4.32. The van der Waals surface area contributed by atoms with Crippen LogP contribution in [-0.4, -0.2) is 11.7 Å². The fraction of sp³-hybridized carbons (Fsp3) is 0.286. The minimum atomic E-state index is -0.0184. The summed E-state index contributed by atoms with van der Waals surface area (Å²) in [7, 11) is 0. The zero-order valence-corrected chi connectivity index (χ0v) is 13.1. The summed E-state index contributed by atoms with van der Waals surface area (Å²) >= 11 is 5.15. The monoisotopic (exact) mass is 341 g/mol. The summed E-state index contributed by atoms with van der Waals surface area (Å²) in [6.07, 6.45) is 0. The van der Waals surface area contributed by atoms with Gasteiger partial charge in [0.1, 0.15) is 5.75 Å². The highest BCUT2D eigenvalue weighted by molar-refractivity contribution is 9.10. The van der Waals surface area contributed by atoms with Crippen LogP contribution in [-0.2, 0) is 13.2 Å². The van der Waals surface area contributed by atoms with Crippen LogP contribution in [0, 0.1) is 0 Å². The number of aliphatic hydroxyl groups is 1. The molecule has 0 bridgehead atoms. The molecule has 1 heterocycles. The molecule has 2 aromatic rings. The molecular weight excluding hydrogens is 326 g/mol. The lowest BCUT2D eigenvalue weighted by Crippen LogP contribution is -2.01. The summed E-state index contributed by atoms with van der Waals surface area (Å²) in [6, 6.07) is 7.88. The number of nitrogens with one attached hydrogen (secondary N) is 1. The molecule has 5 heteroatoms. The molecule has 19 heavy (non-hydrogen) atoms. The van der Waals surface area contributed by atoms with E-state index < -0.39 is 0 Å². The van der Waals surface area contributed by atoms with Crippen molar-refractivity contribution in [3.63, 3.8) is 0 Å². The van der Waals surface area contributed by atoms with E-state index in [2.05, 4.69) is 32.7 Å². The molecule has 0 amide bonds. The van der Waals surface area contributed by atoms with Gasteiger partial charge >= 0.3 is 0 Å². The lowest BCUT2D eigenvalue weighted by atomic mass is 10.2. The fourth-order valence-corrected chi connectivity index (χ4v) is 3.14. The van der Waals surface area contributed by atoms with Gasteiger partial charge in [-0.3, -0.25) is 0 Å². The first kappa shape index (κ1) is 14.4. The molecule has 0 spiro atoms. The van der Waals surface area contributed by atoms with Crippen molar-refractivity contribution in [3.8, 4) is 5.75 Å². The van der Waals surface area contributed by atoms with Crippen molar-refractivity contribution < 1.29 is 9.84 Å². The van der Waals surface area contributed by atoms with Crippen molar-refractivity contribution in [2.45, 2.75) is 20.1 Å².